The van der Waals surface area contributed by atoms with Gasteiger partial charge in [-0.15, -0.1) is 0 Å². The number of unbranched alkanes of at least 4 members (excludes halogenated alkanes) is 1. The lowest BCUT2D eigenvalue weighted by Crippen LogP contribution is -2.46. The Hall–Kier alpha value is -0.660. The van der Waals surface area contributed by atoms with Crippen molar-refractivity contribution in [2.75, 3.05) is 13.1 Å². The van der Waals surface area contributed by atoms with E-state index in [1.165, 1.54) is 12.1 Å². The topological polar surface area (TPSA) is 20.3 Å². The second-order valence-corrected chi connectivity index (χ2v) is 6.48. The van der Waals surface area contributed by atoms with Crippen LogP contribution in [0.1, 0.15) is 56.7 Å². The Morgan fingerprint density at radius 2 is 2.04 bits per heavy atom. The van der Waals surface area contributed by atoms with Crippen molar-refractivity contribution in [1.29, 1.82) is 0 Å². The first-order valence-corrected chi connectivity index (χ1v) is 8.22. The van der Waals surface area contributed by atoms with Crippen molar-refractivity contribution in [3.63, 3.8) is 0 Å². The highest BCUT2D eigenvalue weighted by Gasteiger charge is 2.39. The summed E-state index contributed by atoms with van der Waals surface area (Å²) in [5.41, 5.74) is 0.875. The number of carbonyl (C=O) groups is 1. The van der Waals surface area contributed by atoms with Crippen LogP contribution in [0.25, 0.3) is 0 Å². The molecular formula is C18H26F3NOS2. The van der Waals surface area contributed by atoms with Gasteiger partial charge in [-0.2, -0.15) is 40.2 Å². The van der Waals surface area contributed by atoms with Gasteiger partial charge in [0.15, 0.2) is 0 Å². The smallest absolute Gasteiger partial charge is 0.299 e. The molecule has 1 aromatic rings. The Morgan fingerprint density at radius 1 is 1.32 bits per heavy atom. The Morgan fingerprint density at radius 3 is 2.68 bits per heavy atom. The standard InChI is InChI=1S/C18H22F3NO.2H2S/c1-2-3-4-13-11-22-8-7-12-9-14(18(19,20)21)5-6-15(12)16(22)10-17(13)23;;/h5-6,9,13,16H,2-4,7-8,10-11H2,1H3;2*1H2/t13-,16-;;/m0../s1/i13D;;. The highest BCUT2D eigenvalue weighted by molar-refractivity contribution is 7.59. The minimum atomic E-state index is -4.34. The molecule has 2 heterocycles. The maximum Gasteiger partial charge on any atom is 0.416 e. The fraction of sp³-hybridized carbons (Fsp3) is 0.611. The summed E-state index contributed by atoms with van der Waals surface area (Å²) >= 11 is 0. The first-order chi connectivity index (χ1) is 11.2. The molecular weight excluding hydrogens is 367 g/mol. The molecule has 0 aromatic heterocycles. The Bertz CT molecular complexity index is 656. The summed E-state index contributed by atoms with van der Waals surface area (Å²) in [5.74, 6) is -1.14. The maximum atomic E-state index is 12.9. The number of hydrogen-bond acceptors (Lipinski definition) is 2. The first-order valence-electron chi connectivity index (χ1n) is 8.72. The molecule has 0 amide bonds. The molecule has 1 aromatic carbocycles. The normalized spacial score (nSPS) is 26.6. The van der Waals surface area contributed by atoms with E-state index in [2.05, 4.69) is 4.90 Å². The van der Waals surface area contributed by atoms with E-state index in [-0.39, 0.29) is 45.2 Å². The van der Waals surface area contributed by atoms with Crippen LogP contribution >= 0.6 is 27.0 Å². The lowest BCUT2D eigenvalue weighted by molar-refractivity contribution is -0.137. The average molecular weight is 395 g/mol. The quantitative estimate of drug-likeness (QED) is 0.746. The van der Waals surface area contributed by atoms with Crippen molar-refractivity contribution in [3.8, 4) is 0 Å². The van der Waals surface area contributed by atoms with Crippen LogP contribution in [0.2, 0.25) is 0 Å². The van der Waals surface area contributed by atoms with Gasteiger partial charge in [0.05, 0.1) is 5.56 Å². The van der Waals surface area contributed by atoms with Crippen LogP contribution in [0.5, 0.6) is 0 Å². The minimum Gasteiger partial charge on any atom is -0.299 e. The lowest BCUT2D eigenvalue weighted by atomic mass is 9.81. The van der Waals surface area contributed by atoms with Crippen LogP contribution in [-0.4, -0.2) is 23.8 Å². The molecule has 0 radical (unpaired) electrons. The molecule has 1 saturated heterocycles. The summed E-state index contributed by atoms with van der Waals surface area (Å²) < 4.78 is 47.2. The van der Waals surface area contributed by atoms with Gasteiger partial charge in [0.1, 0.15) is 5.78 Å². The molecule has 0 bridgehead atoms. The van der Waals surface area contributed by atoms with Gasteiger partial charge < -0.3 is 0 Å². The van der Waals surface area contributed by atoms with E-state index in [0.29, 0.717) is 31.5 Å². The molecule has 1 fully saturated rings. The van der Waals surface area contributed by atoms with Crippen molar-refractivity contribution in [2.45, 2.75) is 51.2 Å². The average Bonchev–Trinajstić information content (AvgIpc) is 2.53. The Balaban J connectivity index is 0.00000169. The monoisotopic (exact) mass is 394 g/mol. The van der Waals surface area contributed by atoms with E-state index in [9.17, 15) is 18.0 Å². The molecule has 142 valence electrons. The number of carbonyl (C=O) groups excluding carboxylic acids is 1. The number of nitrogens with zero attached hydrogens (tertiary/aromatic N) is 1. The molecule has 3 rings (SSSR count). The maximum absolute atomic E-state index is 12.9. The van der Waals surface area contributed by atoms with E-state index >= 15 is 0 Å². The third-order valence-corrected chi connectivity index (χ3v) is 4.94. The number of piperidine rings is 1. The summed E-state index contributed by atoms with van der Waals surface area (Å²) in [4.78, 5) is 14.6. The van der Waals surface area contributed by atoms with Gasteiger partial charge in [0.25, 0.3) is 0 Å². The number of alkyl halides is 3. The first kappa shape index (κ1) is 20.6. The predicted molar refractivity (Wildman–Crippen MR) is 103 cm³/mol. The molecule has 0 N–H and O–H groups in total. The third-order valence-electron chi connectivity index (χ3n) is 4.94. The molecule has 0 spiro atoms. The molecule has 0 saturated carbocycles. The molecule has 7 heteroatoms. The van der Waals surface area contributed by atoms with Crippen molar-refractivity contribution in [3.05, 3.63) is 34.9 Å². The zero-order valence-corrected chi connectivity index (χ0v) is 16.2. The number of benzene rings is 1. The zero-order valence-electron chi connectivity index (χ0n) is 15.2. The summed E-state index contributed by atoms with van der Waals surface area (Å²) in [6.07, 6.45) is -1.23. The second-order valence-electron chi connectivity index (χ2n) is 6.48. The van der Waals surface area contributed by atoms with Crippen molar-refractivity contribution >= 4 is 32.8 Å². The number of hydrogen-bond donors (Lipinski definition) is 0. The fourth-order valence-corrected chi connectivity index (χ4v) is 3.63. The minimum absolute atomic E-state index is 0. The number of ketones is 1. The SMILES string of the molecule is S.S.[2H][C@]1(CCCC)CN2CCc3cc(C(F)(F)F)ccc3[C@@H]2CC1=O. The molecule has 0 unspecified atom stereocenters. The highest BCUT2D eigenvalue weighted by atomic mass is 32.1. The molecule has 2 aliphatic rings. The summed E-state index contributed by atoms with van der Waals surface area (Å²) in [5, 5.41) is 0. The number of halogens is 3. The molecule has 2 aliphatic heterocycles. The van der Waals surface area contributed by atoms with Gasteiger partial charge in [-0.05, 0) is 36.1 Å². The predicted octanol–water partition coefficient (Wildman–Crippen LogP) is 4.61. The highest BCUT2D eigenvalue weighted by Crippen LogP contribution is 2.40. The lowest BCUT2D eigenvalue weighted by Gasteiger charge is -2.43. The van der Waals surface area contributed by atoms with Gasteiger partial charge in [0.2, 0.25) is 0 Å². The summed E-state index contributed by atoms with van der Waals surface area (Å²) in [6, 6.07) is 3.66. The molecule has 2 atom stereocenters. The summed E-state index contributed by atoms with van der Waals surface area (Å²) in [7, 11) is 0. The van der Waals surface area contributed by atoms with Crippen LogP contribution in [-0.2, 0) is 17.4 Å². The molecule has 2 nitrogen and oxygen atoms in total. The van der Waals surface area contributed by atoms with Crippen molar-refractivity contribution in [2.24, 2.45) is 5.89 Å². The van der Waals surface area contributed by atoms with Crippen LogP contribution < -0.4 is 0 Å². The van der Waals surface area contributed by atoms with E-state index in [1.807, 2.05) is 6.92 Å². The zero-order chi connectivity index (χ0) is 17.5. The van der Waals surface area contributed by atoms with Gasteiger partial charge in [0, 0.05) is 32.8 Å². The van der Waals surface area contributed by atoms with Crippen molar-refractivity contribution < 1.29 is 19.3 Å². The number of Topliss-reactive ketones (excluding diaryl/α,β-unsaturated/α-hetero) is 1. The summed E-state index contributed by atoms with van der Waals surface area (Å²) in [6.45, 7) is 3.03. The van der Waals surface area contributed by atoms with Gasteiger partial charge in [-0.1, -0.05) is 25.8 Å². The molecule has 0 aliphatic carbocycles. The van der Waals surface area contributed by atoms with E-state index in [0.717, 1.165) is 24.5 Å². The van der Waals surface area contributed by atoms with Crippen molar-refractivity contribution in [1.82, 2.24) is 4.90 Å². The van der Waals surface area contributed by atoms with E-state index in [4.69, 9.17) is 1.37 Å². The van der Waals surface area contributed by atoms with Gasteiger partial charge in [-0.3, -0.25) is 9.69 Å². The van der Waals surface area contributed by atoms with Crippen LogP contribution in [0.15, 0.2) is 18.2 Å². The third kappa shape index (κ3) is 4.74. The fourth-order valence-electron chi connectivity index (χ4n) is 3.63. The van der Waals surface area contributed by atoms with Crippen LogP contribution in [0.3, 0.4) is 0 Å². The van der Waals surface area contributed by atoms with Crippen LogP contribution in [0, 0.1) is 5.89 Å². The second kappa shape index (κ2) is 8.82. The van der Waals surface area contributed by atoms with Gasteiger partial charge >= 0.3 is 6.18 Å². The molecule has 25 heavy (non-hydrogen) atoms. The Kier molecular flexibility index (Phi) is 7.29. The van der Waals surface area contributed by atoms with E-state index < -0.39 is 17.6 Å². The Labute approximate surface area is 162 Å². The van der Waals surface area contributed by atoms with Gasteiger partial charge in [-0.25, -0.2) is 0 Å². The van der Waals surface area contributed by atoms with Crippen LogP contribution in [0.4, 0.5) is 13.2 Å². The largest absolute Gasteiger partial charge is 0.416 e. The van der Waals surface area contributed by atoms with E-state index in [1.54, 1.807) is 0 Å². The number of fused-ring (bicyclic) bond motifs is 3. The number of rotatable bonds is 3.